The number of rotatable bonds is 55. The molecule has 0 aliphatic heterocycles. The molecule has 0 aromatic heterocycles. The lowest BCUT2D eigenvalue weighted by Gasteiger charge is -2.22. The maximum Gasteiger partial charge on any atom is 0.220 e. The second-order valence-corrected chi connectivity index (χ2v) is 20.4. The topological polar surface area (TPSA) is 69.6 Å². The van der Waals surface area contributed by atoms with E-state index in [1.165, 1.54) is 295 Å². The van der Waals surface area contributed by atoms with Gasteiger partial charge in [-0.15, -0.1) is 0 Å². The number of aliphatic hydroxyl groups is 2. The zero-order valence-electron chi connectivity index (χ0n) is 42.9. The lowest BCUT2D eigenvalue weighted by Crippen LogP contribution is -2.45. The maximum atomic E-state index is 12.5. The van der Waals surface area contributed by atoms with E-state index in [-0.39, 0.29) is 12.5 Å². The fourth-order valence-corrected chi connectivity index (χ4v) is 9.66. The van der Waals surface area contributed by atoms with E-state index in [4.69, 9.17) is 0 Å². The van der Waals surface area contributed by atoms with E-state index in [0.717, 1.165) is 25.7 Å². The highest BCUT2D eigenvalue weighted by atomic mass is 16.3. The van der Waals surface area contributed by atoms with Gasteiger partial charge in [-0.2, -0.15) is 0 Å². The van der Waals surface area contributed by atoms with Crippen LogP contribution in [-0.4, -0.2) is 34.9 Å². The quantitative estimate of drug-likeness (QED) is 0.0533. The van der Waals surface area contributed by atoms with Crippen molar-refractivity contribution >= 4 is 5.91 Å². The normalized spacial score (nSPS) is 12.6. The van der Waals surface area contributed by atoms with Crippen LogP contribution in [0.3, 0.4) is 0 Å². The van der Waals surface area contributed by atoms with Crippen molar-refractivity contribution in [2.24, 2.45) is 0 Å². The monoisotopic (exact) mass is 876 g/mol. The number of carbonyl (C=O) groups excluding carboxylic acids is 1. The van der Waals surface area contributed by atoms with Gasteiger partial charge < -0.3 is 15.5 Å². The van der Waals surface area contributed by atoms with Crippen LogP contribution in [0.4, 0.5) is 0 Å². The van der Waals surface area contributed by atoms with Gasteiger partial charge in [-0.25, -0.2) is 0 Å². The van der Waals surface area contributed by atoms with Crippen LogP contribution in [0.15, 0.2) is 0 Å². The van der Waals surface area contributed by atoms with Gasteiger partial charge in [-0.05, 0) is 12.8 Å². The third-order valence-corrected chi connectivity index (χ3v) is 14.1. The summed E-state index contributed by atoms with van der Waals surface area (Å²) in [6, 6.07) is -0.531. The SMILES string of the molecule is CCCCCCCCCCCCCCCCCCCCCCCCCCCCCCCCC(=O)NC(CO)C(O)CCCCCCCCCCCCCCCCCCCCCC. The summed E-state index contributed by atoms with van der Waals surface area (Å²) in [4.78, 5) is 12.5. The number of carbonyl (C=O) groups is 1. The summed E-state index contributed by atoms with van der Waals surface area (Å²) in [6.07, 6.45) is 69.6. The average molecular weight is 877 g/mol. The van der Waals surface area contributed by atoms with E-state index in [1.807, 2.05) is 0 Å². The first-order valence-electron chi connectivity index (χ1n) is 29.2. The highest BCUT2D eigenvalue weighted by molar-refractivity contribution is 5.76. The summed E-state index contributed by atoms with van der Waals surface area (Å²) in [5.41, 5.74) is 0. The lowest BCUT2D eigenvalue weighted by atomic mass is 10.0. The first-order chi connectivity index (χ1) is 30.7. The van der Waals surface area contributed by atoms with Crippen LogP contribution in [0.25, 0.3) is 0 Å². The Morgan fingerprint density at radius 3 is 0.726 bits per heavy atom. The largest absolute Gasteiger partial charge is 0.394 e. The van der Waals surface area contributed by atoms with Crippen LogP contribution in [0, 0.1) is 0 Å². The third-order valence-electron chi connectivity index (χ3n) is 14.1. The fourth-order valence-electron chi connectivity index (χ4n) is 9.66. The molecular weight excluding hydrogens is 759 g/mol. The molecule has 4 heteroatoms. The minimum absolute atomic E-state index is 0.0215. The van der Waals surface area contributed by atoms with Gasteiger partial charge in [0.1, 0.15) is 0 Å². The van der Waals surface area contributed by atoms with Crippen LogP contribution in [0.1, 0.15) is 348 Å². The summed E-state index contributed by atoms with van der Waals surface area (Å²) >= 11 is 0. The molecule has 2 atom stereocenters. The summed E-state index contributed by atoms with van der Waals surface area (Å²) in [6.45, 7) is 4.41. The van der Waals surface area contributed by atoms with Crippen molar-refractivity contribution in [2.75, 3.05) is 6.61 Å². The Kier molecular flexibility index (Phi) is 54.2. The molecular formula is C58H117NO3. The molecule has 2 unspecified atom stereocenters. The van der Waals surface area contributed by atoms with Crippen molar-refractivity contribution in [1.82, 2.24) is 5.32 Å². The average Bonchev–Trinajstić information content (AvgIpc) is 3.28. The number of hydrogen-bond donors (Lipinski definition) is 3. The van der Waals surface area contributed by atoms with Crippen molar-refractivity contribution in [2.45, 2.75) is 360 Å². The Labute approximate surface area is 391 Å². The van der Waals surface area contributed by atoms with E-state index < -0.39 is 12.1 Å². The zero-order chi connectivity index (χ0) is 44.9. The molecule has 1 amide bonds. The zero-order valence-corrected chi connectivity index (χ0v) is 42.9. The number of unbranched alkanes of at least 4 members (excludes halogenated alkanes) is 48. The molecule has 0 radical (unpaired) electrons. The van der Waals surface area contributed by atoms with E-state index in [0.29, 0.717) is 12.8 Å². The fraction of sp³-hybridized carbons (Fsp3) is 0.983. The molecule has 0 bridgehead atoms. The second kappa shape index (κ2) is 54.7. The Balaban J connectivity index is 3.38. The molecule has 4 nitrogen and oxygen atoms in total. The van der Waals surface area contributed by atoms with E-state index >= 15 is 0 Å². The number of amides is 1. The molecule has 0 fully saturated rings. The van der Waals surface area contributed by atoms with E-state index in [9.17, 15) is 15.0 Å². The van der Waals surface area contributed by atoms with Gasteiger partial charge in [0.05, 0.1) is 18.8 Å². The molecule has 372 valence electrons. The first kappa shape index (κ1) is 61.4. The third kappa shape index (κ3) is 50.4. The number of hydrogen-bond acceptors (Lipinski definition) is 3. The molecule has 0 saturated carbocycles. The highest BCUT2D eigenvalue weighted by Crippen LogP contribution is 2.19. The van der Waals surface area contributed by atoms with Gasteiger partial charge in [0.2, 0.25) is 5.91 Å². The van der Waals surface area contributed by atoms with Crippen molar-refractivity contribution in [1.29, 1.82) is 0 Å². The van der Waals surface area contributed by atoms with E-state index in [1.54, 1.807) is 0 Å². The molecule has 0 saturated heterocycles. The Morgan fingerprint density at radius 1 is 0.323 bits per heavy atom. The predicted octanol–water partition coefficient (Wildman–Crippen LogP) is 19.1. The van der Waals surface area contributed by atoms with Crippen molar-refractivity contribution in [3.05, 3.63) is 0 Å². The number of aliphatic hydroxyl groups excluding tert-OH is 2. The van der Waals surface area contributed by atoms with Crippen LogP contribution >= 0.6 is 0 Å². The Bertz CT molecular complexity index is 819. The van der Waals surface area contributed by atoms with Crippen LogP contribution in [0.2, 0.25) is 0 Å². The minimum atomic E-state index is -0.655. The van der Waals surface area contributed by atoms with E-state index in [2.05, 4.69) is 19.2 Å². The standard InChI is InChI=1S/C58H117NO3/c1-3-5-7-9-11-13-15-17-19-21-23-25-26-27-28-29-30-31-32-33-34-36-38-40-42-44-46-48-50-52-54-58(62)59-56(55-60)57(61)53-51-49-47-45-43-41-39-37-35-24-22-20-18-16-14-12-10-8-6-4-2/h56-57,60-61H,3-55H2,1-2H3,(H,59,62). The minimum Gasteiger partial charge on any atom is -0.394 e. The molecule has 0 rings (SSSR count). The summed E-state index contributed by atoms with van der Waals surface area (Å²) in [5, 5.41) is 23.4. The molecule has 0 aromatic carbocycles. The van der Waals surface area contributed by atoms with Gasteiger partial charge in [-0.1, -0.05) is 328 Å². The maximum absolute atomic E-state index is 12.5. The molecule has 0 aromatic rings. The number of nitrogens with one attached hydrogen (secondary N) is 1. The highest BCUT2D eigenvalue weighted by Gasteiger charge is 2.20. The molecule has 0 heterocycles. The van der Waals surface area contributed by atoms with Crippen molar-refractivity contribution in [3.63, 3.8) is 0 Å². The predicted molar refractivity (Wildman–Crippen MR) is 276 cm³/mol. The Hall–Kier alpha value is -0.610. The van der Waals surface area contributed by atoms with Gasteiger partial charge in [-0.3, -0.25) is 4.79 Å². The lowest BCUT2D eigenvalue weighted by molar-refractivity contribution is -0.123. The van der Waals surface area contributed by atoms with Gasteiger partial charge in [0.15, 0.2) is 0 Å². The molecule has 0 aliphatic rings. The summed E-state index contributed by atoms with van der Waals surface area (Å²) < 4.78 is 0. The van der Waals surface area contributed by atoms with Crippen molar-refractivity contribution in [3.8, 4) is 0 Å². The molecule has 62 heavy (non-hydrogen) atoms. The van der Waals surface area contributed by atoms with Gasteiger partial charge >= 0.3 is 0 Å². The summed E-state index contributed by atoms with van der Waals surface area (Å²) in [7, 11) is 0. The van der Waals surface area contributed by atoms with Crippen molar-refractivity contribution < 1.29 is 15.0 Å². The second-order valence-electron chi connectivity index (χ2n) is 20.4. The molecule has 3 N–H and O–H groups in total. The molecule has 0 spiro atoms. The van der Waals surface area contributed by atoms with Gasteiger partial charge in [0, 0.05) is 6.42 Å². The van der Waals surface area contributed by atoms with Crippen LogP contribution in [-0.2, 0) is 4.79 Å². The summed E-state index contributed by atoms with van der Waals surface area (Å²) in [5.74, 6) is -0.0215. The van der Waals surface area contributed by atoms with Gasteiger partial charge in [0.25, 0.3) is 0 Å². The molecule has 0 aliphatic carbocycles. The van der Waals surface area contributed by atoms with Crippen LogP contribution in [0.5, 0.6) is 0 Å². The first-order valence-corrected chi connectivity index (χ1v) is 29.2. The van der Waals surface area contributed by atoms with Crippen LogP contribution < -0.4 is 5.32 Å². The Morgan fingerprint density at radius 2 is 0.516 bits per heavy atom. The smallest absolute Gasteiger partial charge is 0.220 e.